The summed E-state index contributed by atoms with van der Waals surface area (Å²) in [6.45, 7) is 1.99. The van der Waals surface area contributed by atoms with Gasteiger partial charge in [0.2, 0.25) is 0 Å². The van der Waals surface area contributed by atoms with Gasteiger partial charge in [0.25, 0.3) is 0 Å². The van der Waals surface area contributed by atoms with Gasteiger partial charge in [-0.2, -0.15) is 0 Å². The van der Waals surface area contributed by atoms with Gasteiger partial charge < -0.3 is 4.90 Å². The second-order valence-electron chi connectivity index (χ2n) is 2.49. The number of nitrogens with zero attached hydrogens (tertiary/aromatic N) is 1. The summed E-state index contributed by atoms with van der Waals surface area (Å²) in [4.78, 5) is 11.6. The lowest BCUT2D eigenvalue weighted by atomic mass is 10.2. The molecule has 0 atom stereocenters. The fraction of sp³-hybridized carbons (Fsp3) is 0.222. The molecule has 0 unspecified atom stereocenters. The van der Waals surface area contributed by atoms with E-state index >= 15 is 0 Å². The number of hydrogen-bond donors (Lipinski definition) is 0. The van der Waals surface area contributed by atoms with E-state index < -0.39 is 0 Å². The molecule has 0 aliphatic carbocycles. The zero-order valence-corrected chi connectivity index (χ0v) is 6.66. The maximum absolute atomic E-state index is 10.2. The maximum atomic E-state index is 10.2. The molecule has 2 nitrogen and oxygen atoms in total. The van der Waals surface area contributed by atoms with Crippen LogP contribution >= 0.6 is 0 Å². The standard InChI is InChI=1S/C9H10NO/c1-8-4-3-5-9(6-8)10(2)7-11/h3-6H,1-2H3. The Labute approximate surface area is 66.4 Å². The minimum absolute atomic E-state index is 0.875. The third-order valence-corrected chi connectivity index (χ3v) is 1.53. The molecule has 0 bridgehead atoms. The van der Waals surface area contributed by atoms with Crippen molar-refractivity contribution in [3.05, 3.63) is 29.8 Å². The summed E-state index contributed by atoms with van der Waals surface area (Å²) in [7, 11) is 1.68. The highest BCUT2D eigenvalue weighted by molar-refractivity contribution is 5.74. The van der Waals surface area contributed by atoms with E-state index in [0.717, 1.165) is 11.3 Å². The third kappa shape index (κ3) is 1.80. The molecule has 0 aliphatic rings. The van der Waals surface area contributed by atoms with Crippen molar-refractivity contribution >= 4 is 12.1 Å². The summed E-state index contributed by atoms with van der Waals surface area (Å²) in [5.74, 6) is 0. The summed E-state index contributed by atoms with van der Waals surface area (Å²) < 4.78 is 0. The van der Waals surface area contributed by atoms with Gasteiger partial charge in [-0.15, -0.1) is 0 Å². The molecule has 0 aliphatic heterocycles. The van der Waals surface area contributed by atoms with Crippen molar-refractivity contribution in [2.75, 3.05) is 11.9 Å². The largest absolute Gasteiger partial charge is 0.316 e. The zero-order valence-electron chi connectivity index (χ0n) is 6.66. The molecule has 0 fully saturated rings. The lowest BCUT2D eigenvalue weighted by molar-refractivity contribution is 0.554. The van der Waals surface area contributed by atoms with Crippen molar-refractivity contribution in [1.82, 2.24) is 0 Å². The number of carbonyl (C=O) groups excluding carboxylic acids is 1. The molecule has 1 rings (SSSR count). The fourth-order valence-corrected chi connectivity index (χ4v) is 0.889. The van der Waals surface area contributed by atoms with Crippen LogP contribution in [0.2, 0.25) is 0 Å². The van der Waals surface area contributed by atoms with Crippen LogP contribution in [0.3, 0.4) is 0 Å². The predicted octanol–water partition coefficient (Wildman–Crippen LogP) is 1.50. The summed E-state index contributed by atoms with van der Waals surface area (Å²) in [5.41, 5.74) is 2.02. The molecular formula is C9H10NO. The molecule has 1 amide bonds. The molecule has 0 spiro atoms. The highest BCUT2D eigenvalue weighted by Crippen LogP contribution is 2.11. The van der Waals surface area contributed by atoms with E-state index in [9.17, 15) is 4.79 Å². The van der Waals surface area contributed by atoms with E-state index in [2.05, 4.69) is 0 Å². The molecule has 0 N–H and O–H groups in total. The smallest absolute Gasteiger partial charge is 0.307 e. The van der Waals surface area contributed by atoms with Crippen molar-refractivity contribution in [1.29, 1.82) is 0 Å². The molecule has 1 aromatic carbocycles. The van der Waals surface area contributed by atoms with Crippen LogP contribution in [0.25, 0.3) is 0 Å². The topological polar surface area (TPSA) is 20.3 Å². The van der Waals surface area contributed by atoms with E-state index in [1.807, 2.05) is 31.2 Å². The monoisotopic (exact) mass is 148 g/mol. The van der Waals surface area contributed by atoms with Crippen molar-refractivity contribution < 1.29 is 4.79 Å². The van der Waals surface area contributed by atoms with E-state index in [1.54, 1.807) is 13.5 Å². The van der Waals surface area contributed by atoms with Gasteiger partial charge in [-0.05, 0) is 24.6 Å². The molecule has 0 saturated carbocycles. The summed E-state index contributed by atoms with van der Waals surface area (Å²) in [6, 6.07) is 7.71. The fourth-order valence-electron chi connectivity index (χ4n) is 0.889. The van der Waals surface area contributed by atoms with Gasteiger partial charge in [0.05, 0.1) is 0 Å². The predicted molar refractivity (Wildman–Crippen MR) is 45.3 cm³/mol. The number of anilines is 1. The summed E-state index contributed by atoms with van der Waals surface area (Å²) in [5, 5.41) is 0. The van der Waals surface area contributed by atoms with Gasteiger partial charge in [-0.3, -0.25) is 4.79 Å². The first-order valence-corrected chi connectivity index (χ1v) is 3.42. The molecule has 0 heterocycles. The molecular weight excluding hydrogens is 138 g/mol. The first kappa shape index (κ1) is 7.79. The number of benzene rings is 1. The Kier molecular flexibility index (Phi) is 2.26. The minimum atomic E-state index is 0.875. The van der Waals surface area contributed by atoms with Crippen LogP contribution in [0.5, 0.6) is 0 Å². The Balaban J connectivity index is 2.95. The van der Waals surface area contributed by atoms with Crippen LogP contribution in [-0.4, -0.2) is 13.5 Å². The van der Waals surface area contributed by atoms with Gasteiger partial charge >= 0.3 is 6.41 Å². The van der Waals surface area contributed by atoms with Gasteiger partial charge in [-0.1, -0.05) is 12.1 Å². The Hall–Kier alpha value is -1.31. The van der Waals surface area contributed by atoms with Crippen LogP contribution in [0, 0.1) is 6.92 Å². The van der Waals surface area contributed by atoms with Crippen LogP contribution in [0.4, 0.5) is 5.69 Å². The number of aryl methyl sites for hydroxylation is 1. The van der Waals surface area contributed by atoms with E-state index in [0.29, 0.717) is 0 Å². The Bertz CT molecular complexity index is 257. The van der Waals surface area contributed by atoms with Gasteiger partial charge in [0, 0.05) is 12.7 Å². The second kappa shape index (κ2) is 3.19. The molecule has 57 valence electrons. The molecule has 2 heteroatoms. The third-order valence-electron chi connectivity index (χ3n) is 1.53. The summed E-state index contributed by atoms with van der Waals surface area (Å²) in [6.07, 6.45) is 1.79. The SMILES string of the molecule is Cc1cccc(N(C)[C]=O)c1. The quantitative estimate of drug-likeness (QED) is 0.582. The summed E-state index contributed by atoms with van der Waals surface area (Å²) >= 11 is 0. The average molecular weight is 148 g/mol. The minimum Gasteiger partial charge on any atom is -0.307 e. The molecule has 11 heavy (non-hydrogen) atoms. The van der Waals surface area contributed by atoms with Gasteiger partial charge in [-0.25, -0.2) is 0 Å². The number of rotatable bonds is 2. The van der Waals surface area contributed by atoms with E-state index in [1.165, 1.54) is 4.90 Å². The van der Waals surface area contributed by atoms with Crippen molar-refractivity contribution in [3.8, 4) is 0 Å². The highest BCUT2D eigenvalue weighted by Gasteiger charge is 1.97. The van der Waals surface area contributed by atoms with Crippen LogP contribution in [0.1, 0.15) is 5.56 Å². The van der Waals surface area contributed by atoms with Gasteiger partial charge in [0.15, 0.2) is 0 Å². The van der Waals surface area contributed by atoms with Crippen molar-refractivity contribution in [3.63, 3.8) is 0 Å². The van der Waals surface area contributed by atoms with E-state index in [4.69, 9.17) is 0 Å². The normalized spacial score (nSPS) is 9.27. The first-order valence-electron chi connectivity index (χ1n) is 3.42. The van der Waals surface area contributed by atoms with Crippen molar-refractivity contribution in [2.45, 2.75) is 6.92 Å². The van der Waals surface area contributed by atoms with Crippen molar-refractivity contribution in [2.24, 2.45) is 0 Å². The lowest BCUT2D eigenvalue weighted by Crippen LogP contribution is -2.13. The first-order chi connectivity index (χ1) is 5.24. The lowest BCUT2D eigenvalue weighted by Gasteiger charge is -2.08. The maximum Gasteiger partial charge on any atom is 0.316 e. The van der Waals surface area contributed by atoms with Crippen LogP contribution in [-0.2, 0) is 4.79 Å². The van der Waals surface area contributed by atoms with Crippen LogP contribution < -0.4 is 4.90 Å². The Morgan fingerprint density at radius 2 is 2.18 bits per heavy atom. The van der Waals surface area contributed by atoms with Crippen LogP contribution in [0.15, 0.2) is 24.3 Å². The number of hydrogen-bond acceptors (Lipinski definition) is 1. The average Bonchev–Trinajstić information content (AvgIpc) is 2.03. The Morgan fingerprint density at radius 1 is 1.45 bits per heavy atom. The highest BCUT2D eigenvalue weighted by atomic mass is 16.1. The van der Waals surface area contributed by atoms with E-state index in [-0.39, 0.29) is 0 Å². The zero-order chi connectivity index (χ0) is 8.27. The molecule has 0 aromatic heterocycles. The number of amides is 1. The molecule has 0 saturated heterocycles. The molecule has 1 aromatic rings. The Morgan fingerprint density at radius 3 is 2.73 bits per heavy atom. The second-order valence-corrected chi connectivity index (χ2v) is 2.49. The molecule has 1 radical (unpaired) electrons. The van der Waals surface area contributed by atoms with Gasteiger partial charge in [0.1, 0.15) is 0 Å².